The first-order chi connectivity index (χ1) is 29.5. The molecule has 0 saturated heterocycles. The molecule has 0 heterocycles. The molecule has 1 amide bonds. The summed E-state index contributed by atoms with van der Waals surface area (Å²) in [6.45, 7) is 4.84. The minimum atomic E-state index is -0.850. The molecule has 60 heavy (non-hydrogen) atoms. The number of hydrogen-bond donors (Lipinski definition) is 3. The van der Waals surface area contributed by atoms with Crippen LogP contribution in [0.25, 0.3) is 0 Å². The van der Waals surface area contributed by atoms with Gasteiger partial charge in [0.1, 0.15) is 0 Å². The van der Waals surface area contributed by atoms with E-state index in [1.807, 2.05) is 6.08 Å². The van der Waals surface area contributed by atoms with Gasteiger partial charge in [0, 0.05) is 12.8 Å². The Morgan fingerprint density at radius 3 is 1.28 bits per heavy atom. The van der Waals surface area contributed by atoms with E-state index in [0.29, 0.717) is 19.4 Å². The Kier molecular flexibility index (Phi) is 48.1. The maximum absolute atomic E-state index is 12.4. The molecule has 0 rings (SSSR count). The van der Waals surface area contributed by atoms with Gasteiger partial charge < -0.3 is 20.3 Å². The highest BCUT2D eigenvalue weighted by Gasteiger charge is 2.18. The lowest BCUT2D eigenvalue weighted by molar-refractivity contribution is -0.143. The fourth-order valence-electron chi connectivity index (χ4n) is 7.84. The standard InChI is InChI=1S/C54H101NO5/c1-3-5-7-9-11-13-15-16-17-18-19-20-24-28-32-36-40-44-48-54(59)60-49-45-41-37-33-29-25-22-21-23-27-31-35-39-43-47-53(58)55-51(50-56)52(57)46-42-38-34-30-26-14-12-10-8-6-4-2/h13,15,17-18,42,46,51-52,56-57H,3-12,14,16,19-41,43-45,47-50H2,1-2H3,(H,55,58)/b15-13-,18-17-,46-42+. The lowest BCUT2D eigenvalue weighted by atomic mass is 10.0. The summed E-state index contributed by atoms with van der Waals surface area (Å²) in [6, 6.07) is -0.635. The van der Waals surface area contributed by atoms with Crippen molar-refractivity contribution < 1.29 is 24.5 Å². The lowest BCUT2D eigenvalue weighted by Gasteiger charge is -2.20. The molecule has 0 aromatic heterocycles. The summed E-state index contributed by atoms with van der Waals surface area (Å²) >= 11 is 0. The van der Waals surface area contributed by atoms with Crippen molar-refractivity contribution in [3.05, 3.63) is 36.5 Å². The highest BCUT2D eigenvalue weighted by molar-refractivity contribution is 5.76. The van der Waals surface area contributed by atoms with Gasteiger partial charge in [0.05, 0.1) is 25.4 Å². The molecule has 0 aliphatic carbocycles. The van der Waals surface area contributed by atoms with Gasteiger partial charge in [-0.25, -0.2) is 0 Å². The molecule has 6 nitrogen and oxygen atoms in total. The van der Waals surface area contributed by atoms with Gasteiger partial charge in [-0.3, -0.25) is 9.59 Å². The molecule has 6 heteroatoms. The van der Waals surface area contributed by atoms with E-state index in [0.717, 1.165) is 64.2 Å². The number of amides is 1. The van der Waals surface area contributed by atoms with Crippen LogP contribution in [0.3, 0.4) is 0 Å². The van der Waals surface area contributed by atoms with Crippen LogP contribution < -0.4 is 5.32 Å². The van der Waals surface area contributed by atoms with E-state index in [1.54, 1.807) is 6.08 Å². The quantitative estimate of drug-likeness (QED) is 0.0322. The molecule has 0 fully saturated rings. The van der Waals surface area contributed by atoms with Gasteiger partial charge in [0.15, 0.2) is 0 Å². The Balaban J connectivity index is 3.45. The number of carbonyl (C=O) groups is 2. The Labute approximate surface area is 373 Å². The first-order valence-corrected chi connectivity index (χ1v) is 26.3. The van der Waals surface area contributed by atoms with Crippen LogP contribution in [0.2, 0.25) is 0 Å². The van der Waals surface area contributed by atoms with Crippen LogP contribution in [0.5, 0.6) is 0 Å². The maximum atomic E-state index is 12.4. The van der Waals surface area contributed by atoms with Gasteiger partial charge in [-0.05, 0) is 64.2 Å². The molecule has 3 N–H and O–H groups in total. The summed E-state index contributed by atoms with van der Waals surface area (Å²) in [5.41, 5.74) is 0. The Hall–Kier alpha value is -1.92. The third-order valence-corrected chi connectivity index (χ3v) is 11.9. The van der Waals surface area contributed by atoms with Crippen LogP contribution in [0.4, 0.5) is 0 Å². The second-order valence-corrected chi connectivity index (χ2v) is 17.9. The minimum absolute atomic E-state index is 0.0115. The maximum Gasteiger partial charge on any atom is 0.305 e. The van der Waals surface area contributed by atoms with Crippen LogP contribution in [0.1, 0.15) is 271 Å². The fourth-order valence-corrected chi connectivity index (χ4v) is 7.84. The molecule has 0 radical (unpaired) electrons. The number of rotatable bonds is 48. The highest BCUT2D eigenvalue weighted by atomic mass is 16.5. The summed E-state index contributed by atoms with van der Waals surface area (Å²) in [6.07, 6.45) is 60.0. The van der Waals surface area contributed by atoms with Crippen LogP contribution in [0, 0.1) is 0 Å². The van der Waals surface area contributed by atoms with Crippen LogP contribution in [0.15, 0.2) is 36.5 Å². The van der Waals surface area contributed by atoms with Crippen molar-refractivity contribution in [1.29, 1.82) is 0 Å². The number of aliphatic hydroxyl groups excluding tert-OH is 2. The highest BCUT2D eigenvalue weighted by Crippen LogP contribution is 2.15. The van der Waals surface area contributed by atoms with Crippen LogP contribution in [-0.4, -0.2) is 47.4 Å². The van der Waals surface area contributed by atoms with E-state index in [2.05, 4.69) is 43.5 Å². The monoisotopic (exact) mass is 844 g/mol. The molecule has 0 aliphatic heterocycles. The Bertz CT molecular complexity index is 977. The Morgan fingerprint density at radius 1 is 0.467 bits per heavy atom. The molecule has 2 atom stereocenters. The van der Waals surface area contributed by atoms with E-state index in [1.165, 1.54) is 180 Å². The van der Waals surface area contributed by atoms with E-state index in [4.69, 9.17) is 4.74 Å². The predicted octanol–water partition coefficient (Wildman–Crippen LogP) is 15.7. The molecule has 0 aromatic rings. The number of esters is 1. The second-order valence-electron chi connectivity index (χ2n) is 17.9. The second kappa shape index (κ2) is 49.7. The normalized spacial score (nSPS) is 12.9. The number of aliphatic hydroxyl groups is 2. The minimum Gasteiger partial charge on any atom is -0.466 e. The van der Waals surface area contributed by atoms with Crippen molar-refractivity contribution in [1.82, 2.24) is 5.32 Å². The lowest BCUT2D eigenvalue weighted by Crippen LogP contribution is -2.45. The van der Waals surface area contributed by atoms with Gasteiger partial charge in [-0.15, -0.1) is 0 Å². The van der Waals surface area contributed by atoms with Gasteiger partial charge >= 0.3 is 5.97 Å². The van der Waals surface area contributed by atoms with E-state index >= 15 is 0 Å². The molecule has 352 valence electrons. The van der Waals surface area contributed by atoms with Gasteiger partial charge in [0.25, 0.3) is 0 Å². The first-order valence-electron chi connectivity index (χ1n) is 26.3. The number of hydrogen-bond acceptors (Lipinski definition) is 5. The largest absolute Gasteiger partial charge is 0.466 e. The zero-order chi connectivity index (χ0) is 43.7. The van der Waals surface area contributed by atoms with Crippen molar-refractivity contribution in [2.75, 3.05) is 13.2 Å². The molecule has 0 aliphatic rings. The zero-order valence-corrected chi connectivity index (χ0v) is 39.9. The smallest absolute Gasteiger partial charge is 0.305 e. The Morgan fingerprint density at radius 2 is 0.833 bits per heavy atom. The third-order valence-electron chi connectivity index (χ3n) is 11.9. The third kappa shape index (κ3) is 45.6. The van der Waals surface area contributed by atoms with E-state index in [9.17, 15) is 19.8 Å². The molecular weight excluding hydrogens is 743 g/mol. The fraction of sp³-hybridized carbons (Fsp3) is 0.852. The van der Waals surface area contributed by atoms with E-state index < -0.39 is 12.1 Å². The number of nitrogens with one attached hydrogen (secondary N) is 1. The average molecular weight is 844 g/mol. The summed E-state index contributed by atoms with van der Waals surface area (Å²) in [5, 5.41) is 23.0. The summed E-state index contributed by atoms with van der Waals surface area (Å²) < 4.78 is 5.47. The molecule has 0 bridgehead atoms. The number of carbonyl (C=O) groups excluding carboxylic acids is 2. The van der Waals surface area contributed by atoms with Gasteiger partial charge in [-0.1, -0.05) is 230 Å². The molecule has 2 unspecified atom stereocenters. The number of ether oxygens (including phenoxy) is 1. The van der Waals surface area contributed by atoms with Crippen molar-refractivity contribution in [3.8, 4) is 0 Å². The molecule has 0 spiro atoms. The van der Waals surface area contributed by atoms with Crippen molar-refractivity contribution in [3.63, 3.8) is 0 Å². The first kappa shape index (κ1) is 58.1. The molecular formula is C54H101NO5. The number of allylic oxidation sites excluding steroid dienone is 5. The zero-order valence-electron chi connectivity index (χ0n) is 39.9. The van der Waals surface area contributed by atoms with Gasteiger partial charge in [-0.2, -0.15) is 0 Å². The topological polar surface area (TPSA) is 95.9 Å². The van der Waals surface area contributed by atoms with Crippen molar-refractivity contribution in [2.24, 2.45) is 0 Å². The van der Waals surface area contributed by atoms with Gasteiger partial charge in [0.2, 0.25) is 5.91 Å². The number of unbranched alkanes of at least 4 members (excludes halogenated alkanes) is 33. The SMILES string of the molecule is CCCCCC/C=C\C/C=C\CCCCCCCCCC(=O)OCCCCCCCCCCCCCCCCC(=O)NC(CO)C(O)/C=C/CCCCCCCCCCC. The molecule has 0 saturated carbocycles. The summed E-state index contributed by atoms with van der Waals surface area (Å²) in [5.74, 6) is -0.0922. The van der Waals surface area contributed by atoms with Crippen LogP contribution >= 0.6 is 0 Å². The molecule has 0 aromatic carbocycles. The van der Waals surface area contributed by atoms with Crippen molar-refractivity contribution >= 4 is 11.9 Å². The van der Waals surface area contributed by atoms with Crippen LogP contribution in [-0.2, 0) is 14.3 Å². The average Bonchev–Trinajstić information content (AvgIpc) is 3.25. The van der Waals surface area contributed by atoms with Crippen molar-refractivity contribution in [2.45, 2.75) is 283 Å². The summed E-state index contributed by atoms with van der Waals surface area (Å²) in [7, 11) is 0. The van der Waals surface area contributed by atoms with E-state index in [-0.39, 0.29) is 18.5 Å². The predicted molar refractivity (Wildman–Crippen MR) is 259 cm³/mol. The summed E-state index contributed by atoms with van der Waals surface area (Å²) in [4.78, 5) is 24.5.